The number of hydrogen-bond acceptors (Lipinski definition) is 3. The van der Waals surface area contributed by atoms with E-state index < -0.39 is 0 Å². The SMILES string of the molecule is C=CCCCCCC(=O)C1CSCCS1. The summed E-state index contributed by atoms with van der Waals surface area (Å²) in [5.74, 6) is 3.88. The molecule has 0 bridgehead atoms. The van der Waals surface area contributed by atoms with E-state index in [0.29, 0.717) is 11.0 Å². The quantitative estimate of drug-likeness (QED) is 0.504. The van der Waals surface area contributed by atoms with Crippen LogP contribution in [0.1, 0.15) is 32.1 Å². The Kier molecular flexibility index (Phi) is 7.28. The zero-order valence-corrected chi connectivity index (χ0v) is 10.9. The summed E-state index contributed by atoms with van der Waals surface area (Å²) < 4.78 is 0. The van der Waals surface area contributed by atoms with Crippen molar-refractivity contribution in [3.63, 3.8) is 0 Å². The van der Waals surface area contributed by atoms with Crippen molar-refractivity contribution in [1.29, 1.82) is 0 Å². The number of allylic oxidation sites excluding steroid dienone is 1. The topological polar surface area (TPSA) is 17.1 Å². The van der Waals surface area contributed by atoms with E-state index in [1.807, 2.05) is 29.6 Å². The molecule has 0 spiro atoms. The van der Waals surface area contributed by atoms with Gasteiger partial charge in [-0.05, 0) is 19.3 Å². The second-order valence-corrected chi connectivity index (χ2v) is 6.25. The van der Waals surface area contributed by atoms with Crippen LogP contribution in [0.4, 0.5) is 0 Å². The van der Waals surface area contributed by atoms with Gasteiger partial charge in [0.1, 0.15) is 5.78 Å². The summed E-state index contributed by atoms with van der Waals surface area (Å²) in [6.07, 6.45) is 7.24. The molecule has 0 radical (unpaired) electrons. The molecule has 0 N–H and O–H groups in total. The van der Waals surface area contributed by atoms with Gasteiger partial charge in [0.25, 0.3) is 0 Å². The van der Waals surface area contributed by atoms with Crippen molar-refractivity contribution in [1.82, 2.24) is 0 Å². The molecule has 1 heterocycles. The number of rotatable bonds is 7. The Morgan fingerprint density at radius 2 is 2.20 bits per heavy atom. The number of unbranched alkanes of at least 4 members (excludes halogenated alkanes) is 3. The van der Waals surface area contributed by atoms with Gasteiger partial charge in [-0.3, -0.25) is 4.79 Å². The van der Waals surface area contributed by atoms with Crippen molar-refractivity contribution >= 4 is 29.3 Å². The fourth-order valence-electron chi connectivity index (χ4n) is 1.60. The molecule has 3 heteroatoms. The third kappa shape index (κ3) is 5.67. The van der Waals surface area contributed by atoms with Crippen LogP contribution in [0.25, 0.3) is 0 Å². The molecule has 1 fully saturated rings. The van der Waals surface area contributed by atoms with Crippen LogP contribution < -0.4 is 0 Å². The first-order valence-electron chi connectivity index (χ1n) is 5.67. The molecule has 0 saturated carbocycles. The maximum Gasteiger partial charge on any atom is 0.146 e. The predicted octanol–water partition coefficient (Wildman–Crippen LogP) is 3.54. The zero-order valence-electron chi connectivity index (χ0n) is 9.24. The number of ketones is 1. The molecular weight excluding hydrogens is 224 g/mol. The molecule has 1 nitrogen and oxygen atoms in total. The van der Waals surface area contributed by atoms with Gasteiger partial charge in [-0.2, -0.15) is 11.8 Å². The molecule has 0 amide bonds. The van der Waals surface area contributed by atoms with E-state index >= 15 is 0 Å². The Labute approximate surface area is 101 Å². The molecule has 0 aliphatic carbocycles. The summed E-state index contributed by atoms with van der Waals surface area (Å²) in [7, 11) is 0. The van der Waals surface area contributed by atoms with Crippen LogP contribution in [0.2, 0.25) is 0 Å². The minimum absolute atomic E-state index is 0.295. The standard InChI is InChI=1S/C12H20OS2/c1-2-3-4-5-6-7-11(13)12-10-14-8-9-15-12/h2,12H,1,3-10H2. The molecule has 1 saturated heterocycles. The van der Waals surface area contributed by atoms with Crippen LogP contribution in [-0.2, 0) is 4.79 Å². The lowest BCUT2D eigenvalue weighted by molar-refractivity contribution is -0.118. The van der Waals surface area contributed by atoms with Gasteiger partial charge in [0, 0.05) is 23.7 Å². The van der Waals surface area contributed by atoms with E-state index in [9.17, 15) is 4.79 Å². The number of carbonyl (C=O) groups is 1. The third-order valence-corrected chi connectivity index (χ3v) is 5.31. The lowest BCUT2D eigenvalue weighted by atomic mass is 10.1. The Morgan fingerprint density at radius 1 is 1.33 bits per heavy atom. The van der Waals surface area contributed by atoms with Gasteiger partial charge in [-0.25, -0.2) is 0 Å². The Morgan fingerprint density at radius 3 is 2.87 bits per heavy atom. The van der Waals surface area contributed by atoms with E-state index in [0.717, 1.165) is 30.8 Å². The first-order valence-corrected chi connectivity index (χ1v) is 7.88. The minimum atomic E-state index is 0.295. The summed E-state index contributed by atoms with van der Waals surface area (Å²) in [6.45, 7) is 3.69. The van der Waals surface area contributed by atoms with E-state index in [1.165, 1.54) is 18.6 Å². The second kappa shape index (κ2) is 8.28. The summed E-state index contributed by atoms with van der Waals surface area (Å²) in [5.41, 5.74) is 0. The lowest BCUT2D eigenvalue weighted by Gasteiger charge is -2.19. The molecule has 1 aliphatic rings. The van der Waals surface area contributed by atoms with E-state index in [2.05, 4.69) is 6.58 Å². The van der Waals surface area contributed by atoms with Crippen LogP contribution in [0.15, 0.2) is 12.7 Å². The van der Waals surface area contributed by atoms with Crippen LogP contribution in [0, 0.1) is 0 Å². The fraction of sp³-hybridized carbons (Fsp3) is 0.750. The number of thioether (sulfide) groups is 2. The van der Waals surface area contributed by atoms with E-state index in [1.54, 1.807) is 0 Å². The summed E-state index contributed by atoms with van der Waals surface area (Å²) in [4.78, 5) is 11.8. The second-order valence-electron chi connectivity index (χ2n) is 3.79. The average molecular weight is 244 g/mol. The smallest absolute Gasteiger partial charge is 0.146 e. The van der Waals surface area contributed by atoms with Crippen molar-refractivity contribution < 1.29 is 4.79 Å². The average Bonchev–Trinajstić information content (AvgIpc) is 2.30. The van der Waals surface area contributed by atoms with Gasteiger partial charge in [0.15, 0.2) is 0 Å². The van der Waals surface area contributed by atoms with Gasteiger partial charge in [-0.1, -0.05) is 12.5 Å². The Hall–Kier alpha value is 0.110. The molecule has 1 aliphatic heterocycles. The highest BCUT2D eigenvalue weighted by molar-refractivity contribution is 8.07. The maximum atomic E-state index is 11.8. The van der Waals surface area contributed by atoms with Crippen molar-refractivity contribution in [3.8, 4) is 0 Å². The van der Waals surface area contributed by atoms with Gasteiger partial charge < -0.3 is 0 Å². The van der Waals surface area contributed by atoms with Gasteiger partial charge in [-0.15, -0.1) is 18.3 Å². The highest BCUT2D eigenvalue weighted by Crippen LogP contribution is 2.25. The minimum Gasteiger partial charge on any atom is -0.298 e. The third-order valence-electron chi connectivity index (χ3n) is 2.51. The monoisotopic (exact) mass is 244 g/mol. The zero-order chi connectivity index (χ0) is 10.9. The maximum absolute atomic E-state index is 11.8. The first kappa shape index (κ1) is 13.2. The summed E-state index contributed by atoms with van der Waals surface area (Å²) in [5, 5.41) is 0.295. The first-order chi connectivity index (χ1) is 7.34. The highest BCUT2D eigenvalue weighted by Gasteiger charge is 2.21. The Bertz CT molecular complexity index is 198. The number of carbonyl (C=O) groups excluding carboxylic acids is 1. The Balaban J connectivity index is 2.04. The fourth-order valence-corrected chi connectivity index (χ4v) is 4.28. The van der Waals surface area contributed by atoms with Gasteiger partial charge in [0.2, 0.25) is 0 Å². The largest absolute Gasteiger partial charge is 0.298 e. The number of hydrogen-bond donors (Lipinski definition) is 0. The van der Waals surface area contributed by atoms with E-state index in [-0.39, 0.29) is 0 Å². The van der Waals surface area contributed by atoms with Crippen molar-refractivity contribution in [3.05, 3.63) is 12.7 Å². The highest BCUT2D eigenvalue weighted by atomic mass is 32.2. The lowest BCUT2D eigenvalue weighted by Crippen LogP contribution is -2.23. The molecule has 0 aromatic heterocycles. The van der Waals surface area contributed by atoms with Crippen LogP contribution >= 0.6 is 23.5 Å². The summed E-state index contributed by atoms with van der Waals surface area (Å²) >= 11 is 3.78. The van der Waals surface area contributed by atoms with Gasteiger partial charge in [0.05, 0.1) is 5.25 Å². The van der Waals surface area contributed by atoms with Crippen LogP contribution in [-0.4, -0.2) is 28.3 Å². The van der Waals surface area contributed by atoms with Gasteiger partial charge >= 0.3 is 0 Å². The van der Waals surface area contributed by atoms with Crippen molar-refractivity contribution in [2.24, 2.45) is 0 Å². The predicted molar refractivity (Wildman–Crippen MR) is 71.9 cm³/mol. The van der Waals surface area contributed by atoms with Crippen molar-refractivity contribution in [2.75, 3.05) is 17.3 Å². The molecule has 1 unspecified atom stereocenters. The molecule has 1 atom stereocenters. The molecular formula is C12H20OS2. The van der Waals surface area contributed by atoms with Crippen LogP contribution in [0.5, 0.6) is 0 Å². The molecule has 86 valence electrons. The van der Waals surface area contributed by atoms with Crippen LogP contribution in [0.3, 0.4) is 0 Å². The molecule has 15 heavy (non-hydrogen) atoms. The van der Waals surface area contributed by atoms with E-state index in [4.69, 9.17) is 0 Å². The number of Topliss-reactive ketones (excluding diaryl/α,β-unsaturated/α-hetero) is 1. The molecule has 1 rings (SSSR count). The summed E-state index contributed by atoms with van der Waals surface area (Å²) in [6, 6.07) is 0. The molecule has 0 aromatic rings. The normalized spacial score (nSPS) is 21.2. The molecule has 0 aromatic carbocycles. The van der Waals surface area contributed by atoms with Crippen molar-refractivity contribution in [2.45, 2.75) is 37.4 Å².